The van der Waals surface area contributed by atoms with E-state index in [0.29, 0.717) is 0 Å². The highest BCUT2D eigenvalue weighted by Crippen LogP contribution is 2.16. The highest BCUT2D eigenvalue weighted by molar-refractivity contribution is 6.39. The van der Waals surface area contributed by atoms with Crippen molar-refractivity contribution in [2.24, 2.45) is 5.73 Å². The molecule has 25 heavy (non-hydrogen) atoms. The summed E-state index contributed by atoms with van der Waals surface area (Å²) in [5.74, 6) is -4.74. The number of nitrogens with two attached hydrogens (primary N) is 1. The summed E-state index contributed by atoms with van der Waals surface area (Å²) in [4.78, 5) is 55.9. The number of primary amides is 1. The number of hydrogen-bond acceptors (Lipinski definition) is 6. The lowest BCUT2D eigenvalue weighted by Crippen LogP contribution is -2.40. The van der Waals surface area contributed by atoms with Crippen molar-refractivity contribution in [2.45, 2.75) is 6.42 Å². The minimum atomic E-state index is -1.18. The lowest BCUT2D eigenvalue weighted by Gasteiger charge is -2.08. The van der Waals surface area contributed by atoms with Crippen LogP contribution in [-0.4, -0.2) is 43.4 Å². The molecule has 5 N–H and O–H groups in total. The Morgan fingerprint density at radius 2 is 1.84 bits per heavy atom. The zero-order chi connectivity index (χ0) is 19.0. The van der Waals surface area contributed by atoms with Crippen LogP contribution in [0.25, 0.3) is 0 Å². The van der Waals surface area contributed by atoms with Gasteiger partial charge >= 0.3 is 23.8 Å². The smallest absolute Gasteiger partial charge is 0.337 e. The second kappa shape index (κ2) is 8.96. The van der Waals surface area contributed by atoms with Gasteiger partial charge in [-0.25, -0.2) is 14.0 Å². The fourth-order valence-electron chi connectivity index (χ4n) is 1.61. The van der Waals surface area contributed by atoms with Gasteiger partial charge in [0.05, 0.1) is 18.4 Å². The van der Waals surface area contributed by atoms with Crippen LogP contribution in [-0.2, 0) is 19.1 Å². The fourth-order valence-corrected chi connectivity index (χ4v) is 1.61. The molecule has 5 amide bonds. The first kappa shape index (κ1) is 19.5. The van der Waals surface area contributed by atoms with Gasteiger partial charge in [-0.3, -0.25) is 19.7 Å². The summed E-state index contributed by atoms with van der Waals surface area (Å²) in [5.41, 5.74) is 4.34. The monoisotopic (exact) mass is 354 g/mol. The molecule has 134 valence electrons. The van der Waals surface area contributed by atoms with E-state index in [9.17, 15) is 28.4 Å². The molecule has 0 radical (unpaired) electrons. The number of carbonyl (C=O) groups is 5. The molecule has 0 aliphatic carbocycles. The number of hydrogen-bond donors (Lipinski definition) is 4. The van der Waals surface area contributed by atoms with Gasteiger partial charge in [-0.1, -0.05) is 0 Å². The number of rotatable bonds is 5. The molecule has 11 heteroatoms. The van der Waals surface area contributed by atoms with Crippen LogP contribution in [0.2, 0.25) is 0 Å². The van der Waals surface area contributed by atoms with Crippen molar-refractivity contribution in [3.8, 4) is 0 Å². The standard InChI is InChI=1S/C14H15FN4O6/c1-25-13(23)7-2-3-9(8(15)6-7)18-12(22)11(21)17-5-4-10(20)19-14(16)24/h2-3,6H,4-5H2,1H3,(H,17,21)(H,18,22)(H3,16,19,20,24). The number of ether oxygens (including phenoxy) is 1. The maximum absolute atomic E-state index is 13.8. The quantitative estimate of drug-likeness (QED) is 0.402. The van der Waals surface area contributed by atoms with Gasteiger partial charge < -0.3 is 21.1 Å². The SMILES string of the molecule is COC(=O)c1ccc(NC(=O)C(=O)NCCC(=O)NC(N)=O)c(F)c1. The van der Waals surface area contributed by atoms with E-state index in [1.54, 1.807) is 5.32 Å². The van der Waals surface area contributed by atoms with Gasteiger partial charge in [-0.2, -0.15) is 0 Å². The number of imide groups is 1. The van der Waals surface area contributed by atoms with Crippen LogP contribution < -0.4 is 21.7 Å². The van der Waals surface area contributed by atoms with Crippen LogP contribution in [0.1, 0.15) is 16.8 Å². The van der Waals surface area contributed by atoms with Crippen molar-refractivity contribution in [1.82, 2.24) is 10.6 Å². The molecule has 1 aromatic rings. The molecule has 0 unspecified atom stereocenters. The summed E-state index contributed by atoms with van der Waals surface area (Å²) in [7, 11) is 1.13. The molecule has 0 saturated carbocycles. The normalized spacial score (nSPS) is 9.68. The van der Waals surface area contributed by atoms with E-state index in [4.69, 9.17) is 5.73 Å². The van der Waals surface area contributed by atoms with Crippen LogP contribution in [0, 0.1) is 5.82 Å². The van der Waals surface area contributed by atoms with Crippen LogP contribution >= 0.6 is 0 Å². The Hall–Kier alpha value is -3.50. The Morgan fingerprint density at radius 3 is 2.40 bits per heavy atom. The van der Waals surface area contributed by atoms with E-state index in [2.05, 4.69) is 10.1 Å². The summed E-state index contributed by atoms with van der Waals surface area (Å²) < 4.78 is 18.2. The Bertz CT molecular complexity index is 721. The zero-order valence-corrected chi connectivity index (χ0v) is 13.1. The molecule has 0 bridgehead atoms. The maximum atomic E-state index is 13.8. The third-order valence-corrected chi connectivity index (χ3v) is 2.74. The van der Waals surface area contributed by atoms with E-state index in [0.717, 1.165) is 19.2 Å². The highest BCUT2D eigenvalue weighted by Gasteiger charge is 2.17. The number of nitrogens with one attached hydrogen (secondary N) is 3. The third-order valence-electron chi connectivity index (χ3n) is 2.74. The molecule has 0 heterocycles. The second-order valence-corrected chi connectivity index (χ2v) is 4.56. The molecule has 0 aliphatic heterocycles. The maximum Gasteiger partial charge on any atom is 0.337 e. The Balaban J connectivity index is 2.55. The molecule has 10 nitrogen and oxygen atoms in total. The number of carbonyl (C=O) groups excluding carboxylic acids is 5. The number of amides is 5. The molecule has 0 spiro atoms. The van der Waals surface area contributed by atoms with Gasteiger partial charge in [0, 0.05) is 13.0 Å². The summed E-state index contributed by atoms with van der Waals surface area (Å²) in [6, 6.07) is 2.09. The topological polar surface area (TPSA) is 157 Å². The lowest BCUT2D eigenvalue weighted by molar-refractivity contribution is -0.136. The first-order chi connectivity index (χ1) is 11.7. The minimum absolute atomic E-state index is 0.0667. The Morgan fingerprint density at radius 1 is 1.16 bits per heavy atom. The third kappa shape index (κ3) is 6.25. The summed E-state index contributed by atoms with van der Waals surface area (Å²) in [5, 5.41) is 5.89. The number of methoxy groups -OCH3 is 1. The van der Waals surface area contributed by atoms with Crippen LogP contribution in [0.5, 0.6) is 0 Å². The average Bonchev–Trinajstić information content (AvgIpc) is 2.54. The van der Waals surface area contributed by atoms with Gasteiger partial charge in [-0.15, -0.1) is 0 Å². The lowest BCUT2D eigenvalue weighted by atomic mass is 10.2. The largest absolute Gasteiger partial charge is 0.465 e. The molecule has 0 aliphatic rings. The van der Waals surface area contributed by atoms with Crippen molar-refractivity contribution in [2.75, 3.05) is 19.0 Å². The van der Waals surface area contributed by atoms with Gasteiger partial charge in [-0.05, 0) is 18.2 Å². The molecular formula is C14H15FN4O6. The van der Waals surface area contributed by atoms with E-state index in [-0.39, 0.29) is 24.2 Å². The predicted molar refractivity (Wildman–Crippen MR) is 81.7 cm³/mol. The molecule has 0 fully saturated rings. The molecule has 0 atom stereocenters. The van der Waals surface area contributed by atoms with Gasteiger partial charge in [0.15, 0.2) is 0 Å². The number of esters is 1. The minimum Gasteiger partial charge on any atom is -0.465 e. The van der Waals surface area contributed by atoms with Gasteiger partial charge in [0.25, 0.3) is 0 Å². The van der Waals surface area contributed by atoms with Crippen molar-refractivity contribution < 1.29 is 33.1 Å². The summed E-state index contributed by atoms with van der Waals surface area (Å²) >= 11 is 0. The van der Waals surface area contributed by atoms with Crippen molar-refractivity contribution in [3.05, 3.63) is 29.6 Å². The first-order valence-corrected chi connectivity index (χ1v) is 6.81. The predicted octanol–water partition coefficient (Wildman–Crippen LogP) is -0.748. The molecular weight excluding hydrogens is 339 g/mol. The molecule has 1 aromatic carbocycles. The Kier molecular flexibility index (Phi) is 7.00. The van der Waals surface area contributed by atoms with Gasteiger partial charge in [0.2, 0.25) is 5.91 Å². The van der Waals surface area contributed by atoms with Crippen molar-refractivity contribution in [1.29, 1.82) is 0 Å². The van der Waals surface area contributed by atoms with E-state index < -0.39 is 35.5 Å². The second-order valence-electron chi connectivity index (χ2n) is 4.56. The number of urea groups is 1. The average molecular weight is 354 g/mol. The number of benzene rings is 1. The van der Waals surface area contributed by atoms with E-state index in [1.165, 1.54) is 6.07 Å². The van der Waals surface area contributed by atoms with Gasteiger partial charge in [0.1, 0.15) is 5.82 Å². The zero-order valence-electron chi connectivity index (χ0n) is 13.1. The Labute approximate surface area is 140 Å². The van der Waals surface area contributed by atoms with Crippen molar-refractivity contribution >= 4 is 35.4 Å². The molecule has 1 rings (SSSR count). The van der Waals surface area contributed by atoms with Crippen LogP contribution in [0.3, 0.4) is 0 Å². The van der Waals surface area contributed by atoms with Crippen LogP contribution in [0.15, 0.2) is 18.2 Å². The molecule has 0 saturated heterocycles. The fraction of sp³-hybridized carbons (Fsp3) is 0.214. The van der Waals surface area contributed by atoms with Crippen LogP contribution in [0.4, 0.5) is 14.9 Å². The van der Waals surface area contributed by atoms with E-state index in [1.807, 2.05) is 5.32 Å². The number of halogens is 1. The van der Waals surface area contributed by atoms with Crippen molar-refractivity contribution in [3.63, 3.8) is 0 Å². The van der Waals surface area contributed by atoms with E-state index >= 15 is 0 Å². The summed E-state index contributed by atoms with van der Waals surface area (Å²) in [6.45, 7) is -0.241. The first-order valence-electron chi connectivity index (χ1n) is 6.81. The summed E-state index contributed by atoms with van der Waals surface area (Å²) in [6.07, 6.45) is -0.288. The highest BCUT2D eigenvalue weighted by atomic mass is 19.1. The molecule has 0 aromatic heterocycles. The number of anilines is 1.